The van der Waals surface area contributed by atoms with Crippen LogP contribution in [0.15, 0.2) is 5.38 Å². The van der Waals surface area contributed by atoms with Crippen molar-refractivity contribution < 1.29 is 0 Å². The van der Waals surface area contributed by atoms with E-state index in [0.29, 0.717) is 6.04 Å². The molecule has 108 valence electrons. The van der Waals surface area contributed by atoms with Gasteiger partial charge in [-0.2, -0.15) is 0 Å². The van der Waals surface area contributed by atoms with Crippen LogP contribution in [0.1, 0.15) is 64.1 Å². The van der Waals surface area contributed by atoms with Gasteiger partial charge in [0.1, 0.15) is 5.01 Å². The van der Waals surface area contributed by atoms with Gasteiger partial charge in [0, 0.05) is 17.1 Å². The predicted octanol–water partition coefficient (Wildman–Crippen LogP) is 4.49. The molecule has 1 N–H and O–H groups in total. The lowest BCUT2D eigenvalue weighted by Crippen LogP contribution is -2.48. The Morgan fingerprint density at radius 1 is 1.26 bits per heavy atom. The van der Waals surface area contributed by atoms with Gasteiger partial charge in [0.15, 0.2) is 0 Å². The van der Waals surface area contributed by atoms with Crippen molar-refractivity contribution in [3.63, 3.8) is 0 Å². The Bertz CT molecular complexity index is 401. The van der Waals surface area contributed by atoms with E-state index in [4.69, 9.17) is 4.98 Å². The van der Waals surface area contributed by atoms with E-state index in [1.54, 1.807) is 0 Å². The molecule has 0 atom stereocenters. The average Bonchev–Trinajstić information content (AvgIpc) is 2.76. The SMILES string of the molecule is Cc1csc(C2(NC(C)C)CCC(C(C)C)CC2)n1. The van der Waals surface area contributed by atoms with Gasteiger partial charge >= 0.3 is 0 Å². The molecule has 0 aliphatic heterocycles. The Morgan fingerprint density at radius 2 is 1.89 bits per heavy atom. The lowest BCUT2D eigenvalue weighted by molar-refractivity contribution is 0.151. The maximum absolute atomic E-state index is 4.79. The highest BCUT2D eigenvalue weighted by molar-refractivity contribution is 7.09. The Kier molecular flexibility index (Phi) is 4.67. The molecule has 1 aliphatic rings. The number of rotatable bonds is 4. The van der Waals surface area contributed by atoms with Gasteiger partial charge in [-0.25, -0.2) is 4.98 Å². The standard InChI is InChI=1S/C16H28N2S/c1-11(2)14-6-8-16(9-7-14,18-12(3)4)15-17-13(5)10-19-15/h10-12,14,18H,6-9H2,1-5H3. The lowest BCUT2D eigenvalue weighted by Gasteiger charge is -2.42. The number of aromatic nitrogens is 1. The van der Waals surface area contributed by atoms with Crippen molar-refractivity contribution in [1.29, 1.82) is 0 Å². The third kappa shape index (κ3) is 3.38. The van der Waals surface area contributed by atoms with Crippen LogP contribution in [0.3, 0.4) is 0 Å². The van der Waals surface area contributed by atoms with Crippen LogP contribution in [-0.4, -0.2) is 11.0 Å². The molecule has 0 saturated heterocycles. The molecule has 1 aromatic heterocycles. The zero-order chi connectivity index (χ0) is 14.0. The van der Waals surface area contributed by atoms with Crippen LogP contribution in [0.5, 0.6) is 0 Å². The number of thiazole rings is 1. The second kappa shape index (κ2) is 5.92. The lowest BCUT2D eigenvalue weighted by atomic mass is 9.72. The molecule has 0 amide bonds. The molecular formula is C16H28N2S. The summed E-state index contributed by atoms with van der Waals surface area (Å²) in [6.45, 7) is 11.3. The van der Waals surface area contributed by atoms with Gasteiger partial charge in [0.05, 0.1) is 5.54 Å². The molecule has 19 heavy (non-hydrogen) atoms. The third-order valence-corrected chi connectivity index (χ3v) is 5.58. The molecule has 1 saturated carbocycles. The molecule has 3 heteroatoms. The second-order valence-corrected chi connectivity index (χ2v) is 7.61. The van der Waals surface area contributed by atoms with E-state index in [2.05, 4.69) is 45.3 Å². The van der Waals surface area contributed by atoms with Crippen molar-refractivity contribution in [1.82, 2.24) is 10.3 Å². The molecule has 0 spiro atoms. The molecular weight excluding hydrogens is 252 g/mol. The number of hydrogen-bond acceptors (Lipinski definition) is 3. The number of nitrogens with zero attached hydrogens (tertiary/aromatic N) is 1. The van der Waals surface area contributed by atoms with Crippen LogP contribution >= 0.6 is 11.3 Å². The summed E-state index contributed by atoms with van der Waals surface area (Å²) in [5.41, 5.74) is 1.30. The van der Waals surface area contributed by atoms with E-state index in [1.165, 1.54) is 30.7 Å². The molecule has 0 bridgehead atoms. The largest absolute Gasteiger partial charge is 0.303 e. The Hall–Kier alpha value is -0.410. The maximum atomic E-state index is 4.79. The fourth-order valence-electron chi connectivity index (χ4n) is 3.35. The summed E-state index contributed by atoms with van der Waals surface area (Å²) < 4.78 is 0. The van der Waals surface area contributed by atoms with Gasteiger partial charge in [-0.15, -0.1) is 11.3 Å². The Labute approximate surface area is 122 Å². The number of hydrogen-bond donors (Lipinski definition) is 1. The van der Waals surface area contributed by atoms with E-state index >= 15 is 0 Å². The first-order valence-electron chi connectivity index (χ1n) is 7.63. The van der Waals surface area contributed by atoms with E-state index < -0.39 is 0 Å². The van der Waals surface area contributed by atoms with Gasteiger partial charge in [-0.3, -0.25) is 0 Å². The average molecular weight is 280 g/mol. The van der Waals surface area contributed by atoms with Crippen molar-refractivity contribution in [2.24, 2.45) is 11.8 Å². The molecule has 0 unspecified atom stereocenters. The summed E-state index contributed by atoms with van der Waals surface area (Å²) in [6.07, 6.45) is 5.13. The van der Waals surface area contributed by atoms with Crippen molar-refractivity contribution in [2.75, 3.05) is 0 Å². The quantitative estimate of drug-likeness (QED) is 0.879. The summed E-state index contributed by atoms with van der Waals surface area (Å²) in [5, 5.41) is 7.33. The van der Waals surface area contributed by atoms with E-state index in [-0.39, 0.29) is 5.54 Å². The number of aryl methyl sites for hydroxylation is 1. The zero-order valence-corrected chi connectivity index (χ0v) is 13.8. The molecule has 0 aromatic carbocycles. The van der Waals surface area contributed by atoms with Gasteiger partial charge in [0.2, 0.25) is 0 Å². The smallest absolute Gasteiger partial charge is 0.113 e. The molecule has 1 aliphatic carbocycles. The normalized spacial score (nSPS) is 28.3. The molecule has 0 radical (unpaired) electrons. The van der Waals surface area contributed by atoms with Gasteiger partial charge in [-0.1, -0.05) is 13.8 Å². The fraction of sp³-hybridized carbons (Fsp3) is 0.812. The van der Waals surface area contributed by atoms with Crippen LogP contribution in [0.2, 0.25) is 0 Å². The topological polar surface area (TPSA) is 24.9 Å². The van der Waals surface area contributed by atoms with Gasteiger partial charge < -0.3 is 5.32 Å². The zero-order valence-electron chi connectivity index (χ0n) is 13.0. The van der Waals surface area contributed by atoms with Crippen LogP contribution in [0.4, 0.5) is 0 Å². The maximum Gasteiger partial charge on any atom is 0.113 e. The third-order valence-electron chi connectivity index (χ3n) is 4.42. The van der Waals surface area contributed by atoms with Crippen molar-refractivity contribution in [2.45, 2.75) is 71.9 Å². The van der Waals surface area contributed by atoms with Crippen LogP contribution < -0.4 is 5.32 Å². The van der Waals surface area contributed by atoms with Gasteiger partial charge in [0.25, 0.3) is 0 Å². The molecule has 2 nitrogen and oxygen atoms in total. The van der Waals surface area contributed by atoms with Crippen molar-refractivity contribution in [3.8, 4) is 0 Å². The van der Waals surface area contributed by atoms with Crippen LogP contribution in [0.25, 0.3) is 0 Å². The molecule has 1 aromatic rings. The minimum atomic E-state index is 0.137. The van der Waals surface area contributed by atoms with Crippen LogP contribution in [-0.2, 0) is 5.54 Å². The van der Waals surface area contributed by atoms with Gasteiger partial charge in [-0.05, 0) is 58.3 Å². The minimum Gasteiger partial charge on any atom is -0.303 e. The molecule has 1 fully saturated rings. The van der Waals surface area contributed by atoms with E-state index in [0.717, 1.165) is 17.5 Å². The van der Waals surface area contributed by atoms with Crippen LogP contribution in [0, 0.1) is 18.8 Å². The Morgan fingerprint density at radius 3 is 2.32 bits per heavy atom. The summed E-state index contributed by atoms with van der Waals surface area (Å²) in [5.74, 6) is 1.71. The minimum absolute atomic E-state index is 0.137. The summed E-state index contributed by atoms with van der Waals surface area (Å²) >= 11 is 1.83. The predicted molar refractivity (Wildman–Crippen MR) is 83.6 cm³/mol. The van der Waals surface area contributed by atoms with E-state index in [1.807, 2.05) is 11.3 Å². The highest BCUT2D eigenvalue weighted by Crippen LogP contribution is 2.43. The highest BCUT2D eigenvalue weighted by atomic mass is 32.1. The van der Waals surface area contributed by atoms with E-state index in [9.17, 15) is 0 Å². The monoisotopic (exact) mass is 280 g/mol. The summed E-state index contributed by atoms with van der Waals surface area (Å²) in [6, 6.07) is 0.514. The molecule has 1 heterocycles. The Balaban J connectivity index is 2.18. The summed E-state index contributed by atoms with van der Waals surface area (Å²) in [4.78, 5) is 4.79. The second-order valence-electron chi connectivity index (χ2n) is 6.76. The first kappa shape index (κ1) is 15.0. The highest BCUT2D eigenvalue weighted by Gasteiger charge is 2.39. The van der Waals surface area contributed by atoms with Crippen molar-refractivity contribution in [3.05, 3.63) is 16.1 Å². The molecule has 2 rings (SSSR count). The first-order chi connectivity index (χ1) is 8.93. The fourth-order valence-corrected chi connectivity index (χ4v) is 4.37. The first-order valence-corrected chi connectivity index (χ1v) is 8.51. The van der Waals surface area contributed by atoms with Crippen molar-refractivity contribution >= 4 is 11.3 Å². The number of nitrogens with one attached hydrogen (secondary N) is 1. The summed E-state index contributed by atoms with van der Waals surface area (Å²) in [7, 11) is 0.